The molecule has 0 saturated carbocycles. The first-order chi connectivity index (χ1) is 6.02. The summed E-state index contributed by atoms with van der Waals surface area (Å²) in [5, 5.41) is 17.6. The molecule has 68 valence electrons. The fourth-order valence-corrected chi connectivity index (χ4v) is 1.12. The Bertz CT molecular complexity index is 338. The molecule has 0 aromatic heterocycles. The number of carbonyl (C=O) groups excluding carboxylic acids is 1. The van der Waals surface area contributed by atoms with Gasteiger partial charge in [0.25, 0.3) is 0 Å². The molecule has 1 amide bonds. The van der Waals surface area contributed by atoms with Crippen molar-refractivity contribution in [2.75, 3.05) is 0 Å². The van der Waals surface area contributed by atoms with Gasteiger partial charge in [0.1, 0.15) is 0 Å². The second kappa shape index (κ2) is 3.59. The van der Waals surface area contributed by atoms with E-state index in [1.807, 2.05) is 0 Å². The summed E-state index contributed by atoms with van der Waals surface area (Å²) in [6, 6.07) is 4.45. The minimum absolute atomic E-state index is 0.350. The van der Waals surface area contributed by atoms with Crippen LogP contribution in [0.1, 0.15) is 15.9 Å². The summed E-state index contributed by atoms with van der Waals surface area (Å²) in [5.74, 6) is -0.517. The molecule has 1 aromatic carbocycles. The van der Waals surface area contributed by atoms with Gasteiger partial charge in [-0.2, -0.15) is 0 Å². The molecule has 0 bridgehead atoms. The summed E-state index contributed by atoms with van der Waals surface area (Å²) in [5.41, 5.74) is 6.46. The zero-order valence-electron chi connectivity index (χ0n) is 7.19. The van der Waals surface area contributed by atoms with E-state index in [2.05, 4.69) is 0 Å². The first-order valence-corrected chi connectivity index (χ1v) is 3.79. The zero-order valence-corrected chi connectivity index (χ0v) is 7.19. The van der Waals surface area contributed by atoms with Gasteiger partial charge in [-0.1, -0.05) is 12.1 Å². The van der Waals surface area contributed by atoms with Crippen LogP contribution in [-0.2, 0) is 0 Å². The molecule has 1 aromatic rings. The van der Waals surface area contributed by atoms with E-state index in [4.69, 9.17) is 15.8 Å². The lowest BCUT2D eigenvalue weighted by Gasteiger charge is -2.04. The highest BCUT2D eigenvalue weighted by Gasteiger charge is 2.13. The normalized spacial score (nSPS) is 9.77. The molecule has 0 unspecified atom stereocenters. The van der Waals surface area contributed by atoms with Gasteiger partial charge < -0.3 is 15.8 Å². The molecule has 0 spiro atoms. The van der Waals surface area contributed by atoms with Crippen LogP contribution < -0.4 is 11.2 Å². The molecule has 1 rings (SSSR count). The van der Waals surface area contributed by atoms with Crippen LogP contribution >= 0.6 is 0 Å². The van der Waals surface area contributed by atoms with Gasteiger partial charge in [-0.05, 0) is 24.0 Å². The third kappa shape index (κ3) is 2.08. The largest absolute Gasteiger partial charge is 0.488 e. The number of carbonyl (C=O) groups is 1. The lowest BCUT2D eigenvalue weighted by atomic mass is 9.79. The first kappa shape index (κ1) is 9.76. The van der Waals surface area contributed by atoms with Crippen molar-refractivity contribution in [3.63, 3.8) is 0 Å². The number of hydrogen-bond donors (Lipinski definition) is 3. The minimum atomic E-state index is -1.51. The maximum atomic E-state index is 10.8. The summed E-state index contributed by atoms with van der Waals surface area (Å²) >= 11 is 0. The Morgan fingerprint density at radius 1 is 1.46 bits per heavy atom. The third-order valence-corrected chi connectivity index (χ3v) is 1.81. The number of benzene rings is 1. The number of amides is 1. The SMILES string of the molecule is Cc1cc(B(O)O)ccc1C(N)=O. The molecular weight excluding hydrogens is 169 g/mol. The molecular formula is C8H10BNO3. The molecule has 4 nitrogen and oxygen atoms in total. The van der Waals surface area contributed by atoms with Crippen LogP contribution in [0.4, 0.5) is 0 Å². The lowest BCUT2D eigenvalue weighted by Crippen LogP contribution is -2.30. The van der Waals surface area contributed by atoms with Gasteiger partial charge in [-0.15, -0.1) is 0 Å². The molecule has 0 heterocycles. The van der Waals surface area contributed by atoms with Gasteiger partial charge in [0.05, 0.1) is 0 Å². The second-order valence-electron chi connectivity index (χ2n) is 2.81. The van der Waals surface area contributed by atoms with Crippen LogP contribution in [-0.4, -0.2) is 23.1 Å². The average Bonchev–Trinajstić information content (AvgIpc) is 2.03. The number of primary amides is 1. The van der Waals surface area contributed by atoms with Crippen LogP contribution in [0, 0.1) is 6.92 Å². The van der Waals surface area contributed by atoms with Crippen molar-refractivity contribution in [3.8, 4) is 0 Å². The van der Waals surface area contributed by atoms with Crippen molar-refractivity contribution in [2.45, 2.75) is 6.92 Å². The number of hydrogen-bond acceptors (Lipinski definition) is 3. The molecule has 4 N–H and O–H groups in total. The van der Waals surface area contributed by atoms with Gasteiger partial charge >= 0.3 is 7.12 Å². The fourth-order valence-electron chi connectivity index (χ4n) is 1.12. The highest BCUT2D eigenvalue weighted by molar-refractivity contribution is 6.58. The van der Waals surface area contributed by atoms with Crippen molar-refractivity contribution in [2.24, 2.45) is 5.73 Å². The van der Waals surface area contributed by atoms with Gasteiger partial charge in [-0.3, -0.25) is 4.79 Å². The van der Waals surface area contributed by atoms with Gasteiger partial charge in [-0.25, -0.2) is 0 Å². The Labute approximate surface area is 76.1 Å². The summed E-state index contributed by atoms with van der Waals surface area (Å²) in [6.45, 7) is 1.69. The standard InChI is InChI=1S/C8H10BNO3/c1-5-4-6(9(12)13)2-3-7(5)8(10)11/h2-4,12-13H,1H3,(H2,10,11). The Hall–Kier alpha value is -1.33. The van der Waals surface area contributed by atoms with E-state index in [1.165, 1.54) is 18.2 Å². The van der Waals surface area contributed by atoms with Crippen molar-refractivity contribution < 1.29 is 14.8 Å². The molecule has 0 saturated heterocycles. The van der Waals surface area contributed by atoms with Crippen molar-refractivity contribution in [3.05, 3.63) is 29.3 Å². The minimum Gasteiger partial charge on any atom is -0.423 e. The Morgan fingerprint density at radius 3 is 2.46 bits per heavy atom. The zero-order chi connectivity index (χ0) is 10.0. The molecule has 5 heteroatoms. The van der Waals surface area contributed by atoms with Crippen LogP contribution in [0.3, 0.4) is 0 Å². The van der Waals surface area contributed by atoms with E-state index in [9.17, 15) is 4.79 Å². The van der Waals surface area contributed by atoms with Crippen LogP contribution in [0.5, 0.6) is 0 Å². The average molecular weight is 179 g/mol. The summed E-state index contributed by atoms with van der Waals surface area (Å²) in [7, 11) is -1.51. The molecule has 13 heavy (non-hydrogen) atoms. The fraction of sp³-hybridized carbons (Fsp3) is 0.125. The topological polar surface area (TPSA) is 83.6 Å². The van der Waals surface area contributed by atoms with E-state index in [0.717, 1.165) is 0 Å². The van der Waals surface area contributed by atoms with Gasteiger partial charge in [0, 0.05) is 5.56 Å². The molecule has 0 aliphatic carbocycles. The summed E-state index contributed by atoms with van der Waals surface area (Å²) in [6.07, 6.45) is 0. The number of nitrogens with two attached hydrogens (primary N) is 1. The molecule has 0 fully saturated rings. The summed E-state index contributed by atoms with van der Waals surface area (Å²) in [4.78, 5) is 10.8. The number of aryl methyl sites for hydroxylation is 1. The molecule has 0 aliphatic heterocycles. The van der Waals surface area contributed by atoms with Crippen molar-refractivity contribution in [1.82, 2.24) is 0 Å². The van der Waals surface area contributed by atoms with Crippen LogP contribution in [0.25, 0.3) is 0 Å². The lowest BCUT2D eigenvalue weighted by molar-refractivity contribution is 0.0999. The summed E-state index contributed by atoms with van der Waals surface area (Å²) < 4.78 is 0. The smallest absolute Gasteiger partial charge is 0.423 e. The third-order valence-electron chi connectivity index (χ3n) is 1.81. The van der Waals surface area contributed by atoms with Crippen molar-refractivity contribution in [1.29, 1.82) is 0 Å². The molecule has 0 atom stereocenters. The Kier molecular flexibility index (Phi) is 2.70. The predicted octanol–water partition coefficient (Wildman–Crippen LogP) is -1.23. The van der Waals surface area contributed by atoms with E-state index < -0.39 is 13.0 Å². The van der Waals surface area contributed by atoms with E-state index >= 15 is 0 Å². The molecule has 0 radical (unpaired) electrons. The van der Waals surface area contributed by atoms with Crippen molar-refractivity contribution >= 4 is 18.5 Å². The Balaban J connectivity index is 3.13. The van der Waals surface area contributed by atoms with Crippen LogP contribution in [0.2, 0.25) is 0 Å². The van der Waals surface area contributed by atoms with E-state index in [-0.39, 0.29) is 0 Å². The van der Waals surface area contributed by atoms with E-state index in [1.54, 1.807) is 6.92 Å². The Morgan fingerprint density at radius 2 is 2.08 bits per heavy atom. The highest BCUT2D eigenvalue weighted by Crippen LogP contribution is 2.04. The first-order valence-electron chi connectivity index (χ1n) is 3.79. The maximum absolute atomic E-state index is 10.8. The second-order valence-corrected chi connectivity index (χ2v) is 2.81. The molecule has 0 aliphatic rings. The van der Waals surface area contributed by atoms with Gasteiger partial charge in [0.2, 0.25) is 5.91 Å². The maximum Gasteiger partial charge on any atom is 0.488 e. The highest BCUT2D eigenvalue weighted by atomic mass is 16.4. The predicted molar refractivity (Wildman–Crippen MR) is 49.5 cm³/mol. The van der Waals surface area contributed by atoms with E-state index in [0.29, 0.717) is 16.6 Å². The van der Waals surface area contributed by atoms with Crippen LogP contribution in [0.15, 0.2) is 18.2 Å². The quantitative estimate of drug-likeness (QED) is 0.497. The van der Waals surface area contributed by atoms with Gasteiger partial charge in [0.15, 0.2) is 0 Å². The monoisotopic (exact) mass is 179 g/mol. The number of rotatable bonds is 2.